The first kappa shape index (κ1) is 14.4. The number of hydrogen-bond acceptors (Lipinski definition) is 3. The van der Waals surface area contributed by atoms with Gasteiger partial charge in [-0.25, -0.2) is 0 Å². The summed E-state index contributed by atoms with van der Waals surface area (Å²) in [5.41, 5.74) is 0.786. The highest BCUT2D eigenvalue weighted by Gasteiger charge is 2.18. The second kappa shape index (κ2) is 6.96. The molecule has 19 heavy (non-hydrogen) atoms. The van der Waals surface area contributed by atoms with Crippen LogP contribution in [0.25, 0.3) is 0 Å². The van der Waals surface area contributed by atoms with Gasteiger partial charge in [0.05, 0.1) is 0 Å². The summed E-state index contributed by atoms with van der Waals surface area (Å²) in [6.45, 7) is 3.02. The lowest BCUT2D eigenvalue weighted by Gasteiger charge is -2.27. The van der Waals surface area contributed by atoms with Crippen molar-refractivity contribution in [2.45, 2.75) is 17.7 Å². The van der Waals surface area contributed by atoms with E-state index in [1.807, 2.05) is 42.5 Å². The van der Waals surface area contributed by atoms with Gasteiger partial charge in [0.1, 0.15) is 0 Å². The van der Waals surface area contributed by atoms with E-state index in [-0.39, 0.29) is 5.91 Å². The van der Waals surface area contributed by atoms with Gasteiger partial charge in [0.15, 0.2) is 0 Å². The topological polar surface area (TPSA) is 32.3 Å². The second-order valence-corrected chi connectivity index (χ2v) is 5.99. The average molecular weight is 278 g/mol. The zero-order valence-corrected chi connectivity index (χ0v) is 12.5. The Balaban J connectivity index is 1.93. The van der Waals surface area contributed by atoms with Gasteiger partial charge in [0, 0.05) is 24.1 Å². The first-order chi connectivity index (χ1) is 9.20. The lowest BCUT2D eigenvalue weighted by Crippen LogP contribution is -2.37. The van der Waals surface area contributed by atoms with Crippen molar-refractivity contribution in [1.29, 1.82) is 0 Å². The van der Waals surface area contributed by atoms with Crippen molar-refractivity contribution in [3.63, 3.8) is 0 Å². The number of carbonyl (C=O) groups is 1. The summed E-state index contributed by atoms with van der Waals surface area (Å²) in [6.07, 6.45) is 4.38. The van der Waals surface area contributed by atoms with Gasteiger partial charge in [-0.1, -0.05) is 0 Å². The highest BCUT2D eigenvalue weighted by molar-refractivity contribution is 7.98. The lowest BCUT2D eigenvalue weighted by atomic mass is 9.97. The molecule has 1 aromatic carbocycles. The van der Waals surface area contributed by atoms with Crippen LogP contribution in [0.15, 0.2) is 29.2 Å². The quantitative estimate of drug-likeness (QED) is 0.859. The number of carbonyl (C=O) groups excluding carboxylic acids is 1. The number of rotatable bonds is 4. The Morgan fingerprint density at radius 2 is 1.95 bits per heavy atom. The minimum atomic E-state index is 0.131. The second-order valence-electron chi connectivity index (χ2n) is 5.11. The Hall–Kier alpha value is -1.00. The van der Waals surface area contributed by atoms with Crippen LogP contribution in [0.1, 0.15) is 23.2 Å². The Morgan fingerprint density at radius 1 is 1.32 bits per heavy atom. The van der Waals surface area contributed by atoms with Crippen LogP contribution in [0.3, 0.4) is 0 Å². The third-order valence-electron chi connectivity index (χ3n) is 3.67. The van der Waals surface area contributed by atoms with Crippen LogP contribution >= 0.6 is 11.8 Å². The molecular weight excluding hydrogens is 256 g/mol. The van der Waals surface area contributed by atoms with Crippen LogP contribution in [-0.4, -0.2) is 43.7 Å². The molecule has 1 saturated heterocycles. The molecule has 1 aromatic rings. The SMILES string of the molecule is CSc1ccc(C(=O)N(C)CC2CCNCC2)cc1. The van der Waals surface area contributed by atoms with Gasteiger partial charge in [-0.05, 0) is 62.4 Å². The van der Waals surface area contributed by atoms with E-state index in [1.165, 1.54) is 17.7 Å². The van der Waals surface area contributed by atoms with E-state index in [0.717, 1.165) is 25.2 Å². The first-order valence-electron chi connectivity index (χ1n) is 6.81. The Bertz CT molecular complexity index is 413. The van der Waals surface area contributed by atoms with E-state index < -0.39 is 0 Å². The summed E-state index contributed by atoms with van der Waals surface area (Å²) < 4.78 is 0. The highest BCUT2D eigenvalue weighted by atomic mass is 32.2. The molecule has 0 radical (unpaired) electrons. The number of nitrogens with one attached hydrogen (secondary N) is 1. The van der Waals surface area contributed by atoms with E-state index in [4.69, 9.17) is 0 Å². The van der Waals surface area contributed by atoms with Crippen molar-refractivity contribution in [3.8, 4) is 0 Å². The van der Waals surface area contributed by atoms with Gasteiger partial charge >= 0.3 is 0 Å². The fraction of sp³-hybridized carbons (Fsp3) is 0.533. The molecule has 0 saturated carbocycles. The number of thioether (sulfide) groups is 1. The molecule has 1 N–H and O–H groups in total. The van der Waals surface area contributed by atoms with E-state index >= 15 is 0 Å². The fourth-order valence-electron chi connectivity index (χ4n) is 2.49. The van der Waals surface area contributed by atoms with Crippen molar-refractivity contribution in [3.05, 3.63) is 29.8 Å². The van der Waals surface area contributed by atoms with Crippen molar-refractivity contribution in [2.24, 2.45) is 5.92 Å². The molecule has 2 rings (SSSR count). The number of benzene rings is 1. The minimum absolute atomic E-state index is 0.131. The van der Waals surface area contributed by atoms with Gasteiger partial charge in [-0.2, -0.15) is 0 Å². The van der Waals surface area contributed by atoms with E-state index in [2.05, 4.69) is 5.32 Å². The molecule has 0 aliphatic carbocycles. The smallest absolute Gasteiger partial charge is 0.253 e. The standard InChI is InChI=1S/C15H22N2OS/c1-17(11-12-7-9-16-10-8-12)15(18)13-3-5-14(19-2)6-4-13/h3-6,12,16H,7-11H2,1-2H3. The summed E-state index contributed by atoms with van der Waals surface area (Å²) in [5.74, 6) is 0.770. The van der Waals surface area contributed by atoms with Crippen molar-refractivity contribution < 1.29 is 4.79 Å². The molecule has 104 valence electrons. The van der Waals surface area contributed by atoms with Crippen molar-refractivity contribution in [2.75, 3.05) is 32.9 Å². The molecule has 3 nitrogen and oxygen atoms in total. The summed E-state index contributed by atoms with van der Waals surface area (Å²) >= 11 is 1.69. The Kier molecular flexibility index (Phi) is 5.28. The van der Waals surface area contributed by atoms with Crippen LogP contribution in [0.4, 0.5) is 0 Å². The molecule has 0 unspecified atom stereocenters. The molecule has 0 atom stereocenters. The predicted molar refractivity (Wildman–Crippen MR) is 80.8 cm³/mol. The van der Waals surface area contributed by atoms with Gasteiger partial charge in [0.2, 0.25) is 0 Å². The number of amides is 1. The maximum absolute atomic E-state index is 12.3. The summed E-state index contributed by atoms with van der Waals surface area (Å²) in [4.78, 5) is 15.4. The fourth-order valence-corrected chi connectivity index (χ4v) is 2.90. The molecule has 4 heteroatoms. The first-order valence-corrected chi connectivity index (χ1v) is 8.03. The van der Waals surface area contributed by atoms with Crippen molar-refractivity contribution >= 4 is 17.7 Å². The third-order valence-corrected chi connectivity index (χ3v) is 4.42. The van der Waals surface area contributed by atoms with Gasteiger partial charge in [-0.3, -0.25) is 4.79 Å². The van der Waals surface area contributed by atoms with E-state index in [9.17, 15) is 4.79 Å². The molecule has 1 amide bonds. The van der Waals surface area contributed by atoms with Crippen LogP contribution in [-0.2, 0) is 0 Å². The summed E-state index contributed by atoms with van der Waals surface area (Å²) in [7, 11) is 1.91. The molecule has 0 aromatic heterocycles. The number of nitrogens with zero attached hydrogens (tertiary/aromatic N) is 1. The number of hydrogen-bond donors (Lipinski definition) is 1. The largest absolute Gasteiger partial charge is 0.341 e. The molecule has 1 heterocycles. The lowest BCUT2D eigenvalue weighted by molar-refractivity contribution is 0.0762. The third kappa shape index (κ3) is 3.98. The van der Waals surface area contributed by atoms with Crippen LogP contribution < -0.4 is 5.32 Å². The predicted octanol–water partition coefficient (Wildman–Crippen LogP) is 2.48. The zero-order chi connectivity index (χ0) is 13.7. The molecule has 0 bridgehead atoms. The van der Waals surface area contributed by atoms with E-state index in [0.29, 0.717) is 5.92 Å². The van der Waals surface area contributed by atoms with Gasteiger partial charge < -0.3 is 10.2 Å². The van der Waals surface area contributed by atoms with Gasteiger partial charge in [-0.15, -0.1) is 11.8 Å². The monoisotopic (exact) mass is 278 g/mol. The zero-order valence-electron chi connectivity index (χ0n) is 11.7. The molecule has 1 aliphatic rings. The van der Waals surface area contributed by atoms with E-state index in [1.54, 1.807) is 11.8 Å². The summed E-state index contributed by atoms with van der Waals surface area (Å²) in [6, 6.07) is 7.87. The molecule has 0 spiro atoms. The summed E-state index contributed by atoms with van der Waals surface area (Å²) in [5, 5.41) is 3.36. The normalized spacial score (nSPS) is 16.3. The minimum Gasteiger partial charge on any atom is -0.341 e. The Labute approximate surface area is 119 Å². The maximum atomic E-state index is 12.3. The van der Waals surface area contributed by atoms with Crippen molar-refractivity contribution in [1.82, 2.24) is 10.2 Å². The molecule has 1 aliphatic heterocycles. The maximum Gasteiger partial charge on any atom is 0.253 e. The van der Waals surface area contributed by atoms with Gasteiger partial charge in [0.25, 0.3) is 5.91 Å². The molecular formula is C15H22N2OS. The van der Waals surface area contributed by atoms with Crippen LogP contribution in [0.5, 0.6) is 0 Å². The Morgan fingerprint density at radius 3 is 2.53 bits per heavy atom. The molecule has 1 fully saturated rings. The highest BCUT2D eigenvalue weighted by Crippen LogP contribution is 2.17. The van der Waals surface area contributed by atoms with Crippen LogP contribution in [0.2, 0.25) is 0 Å². The number of piperidine rings is 1. The average Bonchev–Trinajstić information content (AvgIpc) is 2.47. The van der Waals surface area contributed by atoms with Crippen LogP contribution in [0, 0.1) is 5.92 Å².